The molecule has 2 N–H and O–H groups in total. The second-order valence-electron chi connectivity index (χ2n) is 5.30. The standard InChI is InChI=1S/C18H18N2O3/c1-3-6-11-9-12-15(10-14(11)22-2)23-18(19)16(17(12)21)13-7-4-5-8-20-13/h4-5,7-10H,3,6,19H2,1-2H3. The minimum Gasteiger partial charge on any atom is -0.496 e. The first-order valence-corrected chi connectivity index (χ1v) is 7.50. The fourth-order valence-corrected chi connectivity index (χ4v) is 2.69. The lowest BCUT2D eigenvalue weighted by Gasteiger charge is -2.11. The van der Waals surface area contributed by atoms with Crippen LogP contribution in [0.3, 0.4) is 0 Å². The average molecular weight is 310 g/mol. The summed E-state index contributed by atoms with van der Waals surface area (Å²) in [4.78, 5) is 17.1. The Bertz CT molecular complexity index is 902. The molecule has 2 aromatic heterocycles. The lowest BCUT2D eigenvalue weighted by atomic mass is 10.0. The Morgan fingerprint density at radius 1 is 1.30 bits per heavy atom. The third-order valence-electron chi connectivity index (χ3n) is 3.76. The van der Waals surface area contributed by atoms with Crippen LogP contribution in [-0.2, 0) is 6.42 Å². The number of nitrogens with zero attached hydrogens (tertiary/aromatic N) is 1. The van der Waals surface area contributed by atoms with E-state index in [1.54, 1.807) is 31.5 Å². The van der Waals surface area contributed by atoms with Crippen LogP contribution in [0.15, 0.2) is 45.7 Å². The van der Waals surface area contributed by atoms with Crippen molar-refractivity contribution in [3.05, 3.63) is 52.3 Å². The molecule has 0 radical (unpaired) electrons. The number of nitrogens with two attached hydrogens (primary N) is 1. The molecule has 0 fully saturated rings. The molecule has 5 heteroatoms. The molecular formula is C18H18N2O3. The highest BCUT2D eigenvalue weighted by atomic mass is 16.5. The summed E-state index contributed by atoms with van der Waals surface area (Å²) in [6, 6.07) is 8.88. The summed E-state index contributed by atoms with van der Waals surface area (Å²) in [5.74, 6) is 0.763. The Balaban J connectivity index is 2.31. The molecule has 0 unspecified atom stereocenters. The van der Waals surface area contributed by atoms with Crippen LogP contribution in [0.5, 0.6) is 5.75 Å². The molecule has 23 heavy (non-hydrogen) atoms. The number of hydrogen-bond donors (Lipinski definition) is 1. The van der Waals surface area contributed by atoms with E-state index < -0.39 is 0 Å². The zero-order valence-corrected chi connectivity index (χ0v) is 13.1. The number of fused-ring (bicyclic) bond motifs is 1. The molecular weight excluding hydrogens is 292 g/mol. The van der Waals surface area contributed by atoms with Gasteiger partial charge in [-0.15, -0.1) is 0 Å². The van der Waals surface area contributed by atoms with E-state index in [2.05, 4.69) is 11.9 Å². The molecule has 2 heterocycles. The molecule has 0 bridgehead atoms. The van der Waals surface area contributed by atoms with Crippen LogP contribution < -0.4 is 15.9 Å². The van der Waals surface area contributed by atoms with Crippen molar-refractivity contribution in [2.75, 3.05) is 12.8 Å². The number of aryl methyl sites for hydroxylation is 1. The normalized spacial score (nSPS) is 10.9. The van der Waals surface area contributed by atoms with Crippen molar-refractivity contribution in [1.82, 2.24) is 4.98 Å². The van der Waals surface area contributed by atoms with Gasteiger partial charge in [-0.25, -0.2) is 0 Å². The van der Waals surface area contributed by atoms with Crippen LogP contribution >= 0.6 is 0 Å². The number of anilines is 1. The van der Waals surface area contributed by atoms with Crippen LogP contribution in [-0.4, -0.2) is 12.1 Å². The Kier molecular flexibility index (Phi) is 4.02. The maximum atomic E-state index is 12.9. The highest BCUT2D eigenvalue weighted by Crippen LogP contribution is 2.30. The van der Waals surface area contributed by atoms with E-state index in [9.17, 15) is 4.79 Å². The van der Waals surface area contributed by atoms with Crippen molar-refractivity contribution >= 4 is 16.9 Å². The fourth-order valence-electron chi connectivity index (χ4n) is 2.69. The number of hydrogen-bond acceptors (Lipinski definition) is 5. The van der Waals surface area contributed by atoms with Gasteiger partial charge in [-0.1, -0.05) is 19.4 Å². The van der Waals surface area contributed by atoms with Crippen molar-refractivity contribution in [3.8, 4) is 17.0 Å². The highest BCUT2D eigenvalue weighted by Gasteiger charge is 2.17. The summed E-state index contributed by atoms with van der Waals surface area (Å²) in [7, 11) is 1.60. The van der Waals surface area contributed by atoms with Gasteiger partial charge >= 0.3 is 0 Å². The first-order chi connectivity index (χ1) is 11.2. The molecule has 1 aromatic carbocycles. The van der Waals surface area contributed by atoms with Gasteiger partial charge in [0, 0.05) is 12.3 Å². The van der Waals surface area contributed by atoms with E-state index in [0.29, 0.717) is 28.0 Å². The largest absolute Gasteiger partial charge is 0.496 e. The SMILES string of the molecule is CCCc1cc2c(=O)c(-c3ccccn3)c(N)oc2cc1OC. The molecule has 0 amide bonds. The van der Waals surface area contributed by atoms with Crippen molar-refractivity contribution in [2.24, 2.45) is 0 Å². The van der Waals surface area contributed by atoms with E-state index in [1.807, 2.05) is 12.1 Å². The minimum atomic E-state index is -0.178. The van der Waals surface area contributed by atoms with E-state index in [1.165, 1.54) is 0 Å². The molecule has 0 aliphatic rings. The Morgan fingerprint density at radius 3 is 2.78 bits per heavy atom. The Labute approximate surface area is 133 Å². The van der Waals surface area contributed by atoms with Crippen molar-refractivity contribution < 1.29 is 9.15 Å². The number of rotatable bonds is 4. The lowest BCUT2D eigenvalue weighted by Crippen LogP contribution is -2.10. The molecule has 118 valence electrons. The molecule has 0 spiro atoms. The van der Waals surface area contributed by atoms with Gasteiger partial charge < -0.3 is 14.9 Å². The molecule has 3 aromatic rings. The number of benzene rings is 1. The van der Waals surface area contributed by atoms with E-state index in [0.717, 1.165) is 18.4 Å². The maximum Gasteiger partial charge on any atom is 0.204 e. The first kappa shape index (κ1) is 15.1. The second-order valence-corrected chi connectivity index (χ2v) is 5.30. The van der Waals surface area contributed by atoms with E-state index in [4.69, 9.17) is 14.9 Å². The zero-order chi connectivity index (χ0) is 16.4. The van der Waals surface area contributed by atoms with Gasteiger partial charge in [0.15, 0.2) is 0 Å². The fraction of sp³-hybridized carbons (Fsp3) is 0.222. The molecule has 0 aliphatic heterocycles. The Morgan fingerprint density at radius 2 is 2.13 bits per heavy atom. The van der Waals surface area contributed by atoms with E-state index >= 15 is 0 Å². The second kappa shape index (κ2) is 6.12. The monoisotopic (exact) mass is 310 g/mol. The number of pyridine rings is 1. The minimum absolute atomic E-state index is 0.0616. The van der Waals surface area contributed by atoms with Gasteiger partial charge in [0.1, 0.15) is 16.9 Å². The zero-order valence-electron chi connectivity index (χ0n) is 13.1. The Hall–Kier alpha value is -2.82. The predicted octanol–water partition coefficient (Wildman–Crippen LogP) is 3.40. The van der Waals surface area contributed by atoms with Crippen LogP contribution in [0.25, 0.3) is 22.2 Å². The van der Waals surface area contributed by atoms with Crippen molar-refractivity contribution in [3.63, 3.8) is 0 Å². The molecule has 0 saturated heterocycles. The van der Waals surface area contributed by atoms with Crippen LogP contribution in [0, 0.1) is 0 Å². The number of ether oxygens (including phenoxy) is 1. The summed E-state index contributed by atoms with van der Waals surface area (Å²) < 4.78 is 11.0. The number of aromatic nitrogens is 1. The summed E-state index contributed by atoms with van der Waals surface area (Å²) >= 11 is 0. The molecule has 0 saturated carbocycles. The van der Waals surface area contributed by atoms with Gasteiger partial charge in [-0.05, 0) is 30.2 Å². The molecule has 0 atom stereocenters. The number of nitrogen functional groups attached to an aromatic ring is 1. The van der Waals surface area contributed by atoms with Crippen LogP contribution in [0.1, 0.15) is 18.9 Å². The maximum absolute atomic E-state index is 12.9. The predicted molar refractivity (Wildman–Crippen MR) is 90.7 cm³/mol. The summed E-state index contributed by atoms with van der Waals surface area (Å²) in [5, 5.41) is 0.490. The lowest BCUT2D eigenvalue weighted by molar-refractivity contribution is 0.409. The molecule has 0 aliphatic carbocycles. The van der Waals surface area contributed by atoms with Gasteiger partial charge in [-0.3, -0.25) is 9.78 Å². The van der Waals surface area contributed by atoms with Crippen molar-refractivity contribution in [1.29, 1.82) is 0 Å². The van der Waals surface area contributed by atoms with Crippen molar-refractivity contribution in [2.45, 2.75) is 19.8 Å². The smallest absolute Gasteiger partial charge is 0.204 e. The number of methoxy groups -OCH3 is 1. The summed E-state index contributed by atoms with van der Waals surface area (Å²) in [6.45, 7) is 2.08. The van der Waals surface area contributed by atoms with Crippen LogP contribution in [0.4, 0.5) is 5.88 Å². The van der Waals surface area contributed by atoms with Gasteiger partial charge in [0.05, 0.1) is 18.2 Å². The van der Waals surface area contributed by atoms with Gasteiger partial charge in [-0.2, -0.15) is 0 Å². The topological polar surface area (TPSA) is 78.4 Å². The highest BCUT2D eigenvalue weighted by molar-refractivity contribution is 5.87. The van der Waals surface area contributed by atoms with Crippen LogP contribution in [0.2, 0.25) is 0 Å². The quantitative estimate of drug-likeness (QED) is 0.799. The summed E-state index contributed by atoms with van der Waals surface area (Å²) in [6.07, 6.45) is 3.39. The van der Waals surface area contributed by atoms with E-state index in [-0.39, 0.29) is 11.3 Å². The van der Waals surface area contributed by atoms with Gasteiger partial charge in [0.25, 0.3) is 0 Å². The summed E-state index contributed by atoms with van der Waals surface area (Å²) in [5.41, 5.74) is 7.99. The third kappa shape index (κ3) is 2.65. The van der Waals surface area contributed by atoms with Gasteiger partial charge in [0.2, 0.25) is 11.3 Å². The molecule has 5 nitrogen and oxygen atoms in total. The third-order valence-corrected chi connectivity index (χ3v) is 3.76. The first-order valence-electron chi connectivity index (χ1n) is 7.50. The average Bonchev–Trinajstić information content (AvgIpc) is 2.56. The molecule has 3 rings (SSSR count).